The largest absolute Gasteiger partial charge is 0.388 e. The van der Waals surface area contributed by atoms with E-state index in [1.807, 2.05) is 30.5 Å². The molecule has 0 aliphatic rings. The third kappa shape index (κ3) is 3.14. The van der Waals surface area contributed by atoms with E-state index in [2.05, 4.69) is 11.9 Å². The van der Waals surface area contributed by atoms with E-state index in [9.17, 15) is 5.11 Å². The van der Waals surface area contributed by atoms with Crippen molar-refractivity contribution in [1.82, 2.24) is 4.98 Å². The Morgan fingerprint density at radius 1 is 1.11 bits per heavy atom. The molecular weight excluding hydrogens is 222 g/mol. The van der Waals surface area contributed by atoms with Crippen LogP contribution in [0.1, 0.15) is 57.1 Å². The highest BCUT2D eigenvalue weighted by Gasteiger charge is 2.10. The second-order valence-electron chi connectivity index (χ2n) is 5.00. The maximum Gasteiger partial charge on any atom is 0.0796 e. The summed E-state index contributed by atoms with van der Waals surface area (Å²) in [6.45, 7) is 2.22. The molecule has 1 aromatic carbocycles. The van der Waals surface area contributed by atoms with E-state index < -0.39 is 0 Å². The lowest BCUT2D eigenvalue weighted by Crippen LogP contribution is -1.98. The molecule has 1 unspecified atom stereocenters. The number of rotatable bonds is 7. The minimum Gasteiger partial charge on any atom is -0.388 e. The summed E-state index contributed by atoms with van der Waals surface area (Å²) < 4.78 is 0. The van der Waals surface area contributed by atoms with Crippen molar-refractivity contribution < 1.29 is 5.11 Å². The van der Waals surface area contributed by atoms with Gasteiger partial charge in [-0.1, -0.05) is 51.2 Å². The van der Waals surface area contributed by atoms with Gasteiger partial charge in [0.25, 0.3) is 0 Å². The van der Waals surface area contributed by atoms with E-state index in [1.165, 1.54) is 25.7 Å². The van der Waals surface area contributed by atoms with Crippen molar-refractivity contribution in [1.29, 1.82) is 0 Å². The molecule has 98 valence electrons. The summed E-state index contributed by atoms with van der Waals surface area (Å²) >= 11 is 0. The first kappa shape index (κ1) is 13.2. The fourth-order valence-electron chi connectivity index (χ4n) is 2.50. The fourth-order valence-corrected chi connectivity index (χ4v) is 2.50. The van der Waals surface area contributed by atoms with Crippen LogP contribution in [-0.2, 0) is 0 Å². The van der Waals surface area contributed by atoms with Gasteiger partial charge in [0.05, 0.1) is 6.10 Å². The normalized spacial score (nSPS) is 13.0. The topological polar surface area (TPSA) is 36.0 Å². The maximum atomic E-state index is 10.3. The van der Waals surface area contributed by atoms with E-state index in [-0.39, 0.29) is 6.10 Å². The first-order chi connectivity index (χ1) is 8.83. The first-order valence-electron chi connectivity index (χ1n) is 7.07. The molecule has 2 heteroatoms. The Morgan fingerprint density at radius 2 is 1.94 bits per heavy atom. The average molecular weight is 245 g/mol. The highest BCUT2D eigenvalue weighted by Crippen LogP contribution is 2.27. The van der Waals surface area contributed by atoms with Gasteiger partial charge < -0.3 is 10.1 Å². The summed E-state index contributed by atoms with van der Waals surface area (Å²) in [6.07, 6.45) is 8.68. The highest BCUT2D eigenvalue weighted by atomic mass is 16.3. The van der Waals surface area contributed by atoms with Crippen molar-refractivity contribution in [3.63, 3.8) is 0 Å². The van der Waals surface area contributed by atoms with Crippen LogP contribution in [0.4, 0.5) is 0 Å². The molecule has 0 spiro atoms. The molecule has 1 atom stereocenters. The number of fused-ring (bicyclic) bond motifs is 1. The fraction of sp³-hybridized carbons (Fsp3) is 0.500. The highest BCUT2D eigenvalue weighted by molar-refractivity contribution is 5.83. The lowest BCUT2D eigenvalue weighted by molar-refractivity contribution is 0.165. The number of aromatic amines is 1. The average Bonchev–Trinajstić information content (AvgIpc) is 2.86. The molecule has 0 saturated heterocycles. The Kier molecular flexibility index (Phi) is 4.82. The number of aromatic nitrogens is 1. The van der Waals surface area contributed by atoms with Crippen molar-refractivity contribution in [3.8, 4) is 0 Å². The number of benzene rings is 1. The number of aliphatic hydroxyl groups is 1. The predicted molar refractivity (Wildman–Crippen MR) is 76.6 cm³/mol. The van der Waals surface area contributed by atoms with Gasteiger partial charge in [-0.25, -0.2) is 0 Å². The van der Waals surface area contributed by atoms with Crippen LogP contribution in [0.2, 0.25) is 0 Å². The van der Waals surface area contributed by atoms with E-state index in [0.717, 1.165) is 29.3 Å². The zero-order chi connectivity index (χ0) is 12.8. The van der Waals surface area contributed by atoms with Gasteiger partial charge >= 0.3 is 0 Å². The van der Waals surface area contributed by atoms with Crippen LogP contribution in [0.15, 0.2) is 30.5 Å². The SMILES string of the molecule is CCCCCCCC(O)c1cccc2[nH]ccc12. The van der Waals surface area contributed by atoms with Gasteiger partial charge in [0.1, 0.15) is 0 Å². The van der Waals surface area contributed by atoms with Crippen LogP contribution < -0.4 is 0 Å². The van der Waals surface area contributed by atoms with Crippen LogP contribution in [0, 0.1) is 0 Å². The molecule has 0 aliphatic heterocycles. The summed E-state index contributed by atoms with van der Waals surface area (Å²) in [5.74, 6) is 0. The van der Waals surface area contributed by atoms with Crippen molar-refractivity contribution in [2.75, 3.05) is 0 Å². The molecule has 0 bridgehead atoms. The second-order valence-corrected chi connectivity index (χ2v) is 5.00. The smallest absolute Gasteiger partial charge is 0.0796 e. The van der Waals surface area contributed by atoms with Gasteiger partial charge in [0, 0.05) is 17.1 Å². The molecule has 0 fully saturated rings. The molecule has 0 radical (unpaired) electrons. The molecule has 2 nitrogen and oxygen atoms in total. The molecular formula is C16H23NO. The predicted octanol–water partition coefficient (Wildman–Crippen LogP) is 4.56. The number of nitrogens with one attached hydrogen (secondary N) is 1. The van der Waals surface area contributed by atoms with E-state index >= 15 is 0 Å². The first-order valence-corrected chi connectivity index (χ1v) is 7.07. The monoisotopic (exact) mass is 245 g/mol. The number of aliphatic hydroxyl groups excluding tert-OH is 1. The number of unbranched alkanes of at least 4 members (excludes halogenated alkanes) is 4. The van der Waals surface area contributed by atoms with Crippen LogP contribution >= 0.6 is 0 Å². The minimum atomic E-state index is -0.328. The molecule has 1 heterocycles. The van der Waals surface area contributed by atoms with Crippen LogP contribution in [-0.4, -0.2) is 10.1 Å². The van der Waals surface area contributed by atoms with Gasteiger partial charge in [0.15, 0.2) is 0 Å². The summed E-state index contributed by atoms with van der Waals surface area (Å²) in [4.78, 5) is 3.19. The minimum absolute atomic E-state index is 0.328. The van der Waals surface area contributed by atoms with Crippen LogP contribution in [0.3, 0.4) is 0 Å². The zero-order valence-electron chi connectivity index (χ0n) is 11.2. The summed E-state index contributed by atoms with van der Waals surface area (Å²) in [6, 6.07) is 8.14. The standard InChI is InChI=1S/C16H23NO/c1-2-3-4-5-6-10-16(18)14-8-7-9-15-13(14)11-12-17-15/h7-9,11-12,16-18H,2-6,10H2,1H3. The molecule has 2 rings (SSSR count). The third-order valence-corrected chi connectivity index (χ3v) is 3.57. The molecule has 18 heavy (non-hydrogen) atoms. The van der Waals surface area contributed by atoms with Crippen LogP contribution in [0.25, 0.3) is 10.9 Å². The van der Waals surface area contributed by atoms with Crippen molar-refractivity contribution in [2.24, 2.45) is 0 Å². The molecule has 2 N–H and O–H groups in total. The Balaban J connectivity index is 1.92. The van der Waals surface area contributed by atoms with Gasteiger partial charge in [-0.2, -0.15) is 0 Å². The van der Waals surface area contributed by atoms with Crippen molar-refractivity contribution in [2.45, 2.75) is 51.6 Å². The Bertz CT molecular complexity index is 475. The van der Waals surface area contributed by atoms with Crippen molar-refractivity contribution in [3.05, 3.63) is 36.0 Å². The Labute approximate surface area is 109 Å². The molecule has 0 amide bonds. The third-order valence-electron chi connectivity index (χ3n) is 3.57. The van der Waals surface area contributed by atoms with E-state index in [0.29, 0.717) is 0 Å². The van der Waals surface area contributed by atoms with Gasteiger partial charge in [-0.05, 0) is 24.1 Å². The second kappa shape index (κ2) is 6.60. The Hall–Kier alpha value is -1.28. The number of H-pyrrole nitrogens is 1. The van der Waals surface area contributed by atoms with Crippen molar-refractivity contribution >= 4 is 10.9 Å². The van der Waals surface area contributed by atoms with E-state index in [1.54, 1.807) is 0 Å². The molecule has 1 aromatic heterocycles. The lowest BCUT2D eigenvalue weighted by Gasteiger charge is -2.12. The zero-order valence-corrected chi connectivity index (χ0v) is 11.2. The van der Waals surface area contributed by atoms with Crippen LogP contribution in [0.5, 0.6) is 0 Å². The molecule has 2 aromatic rings. The molecule has 0 saturated carbocycles. The quantitative estimate of drug-likeness (QED) is 0.689. The summed E-state index contributed by atoms with van der Waals surface area (Å²) in [7, 11) is 0. The molecule has 0 aliphatic carbocycles. The number of hydrogen-bond acceptors (Lipinski definition) is 1. The van der Waals surface area contributed by atoms with Gasteiger partial charge in [-0.15, -0.1) is 0 Å². The maximum absolute atomic E-state index is 10.3. The number of hydrogen-bond donors (Lipinski definition) is 2. The van der Waals surface area contributed by atoms with E-state index in [4.69, 9.17) is 0 Å². The van der Waals surface area contributed by atoms with Gasteiger partial charge in [0.2, 0.25) is 0 Å². The van der Waals surface area contributed by atoms with Gasteiger partial charge in [-0.3, -0.25) is 0 Å². The summed E-state index contributed by atoms with van der Waals surface area (Å²) in [5, 5.41) is 11.4. The summed E-state index contributed by atoms with van der Waals surface area (Å²) in [5.41, 5.74) is 2.17. The lowest BCUT2D eigenvalue weighted by atomic mass is 9.99. The Morgan fingerprint density at radius 3 is 2.78 bits per heavy atom.